The first-order valence-electron chi connectivity index (χ1n) is 12.4. The summed E-state index contributed by atoms with van der Waals surface area (Å²) in [5, 5.41) is 24.3. The number of nitrogens with zero attached hydrogens (tertiary/aromatic N) is 4. The fourth-order valence-corrected chi connectivity index (χ4v) is 5.39. The minimum absolute atomic E-state index is 0.284. The van der Waals surface area contributed by atoms with E-state index >= 15 is 0 Å². The van der Waals surface area contributed by atoms with Crippen LogP contribution < -0.4 is 10.6 Å². The molecule has 12 nitrogen and oxygen atoms in total. The number of rotatable bonds is 10. The highest BCUT2D eigenvalue weighted by molar-refractivity contribution is 7.99. The lowest BCUT2D eigenvalue weighted by molar-refractivity contribution is -0.120. The Kier molecular flexibility index (Phi) is 8.51. The lowest BCUT2D eigenvalue weighted by Crippen LogP contribution is -2.30. The molecule has 4 N–H and O–H groups in total. The van der Waals surface area contributed by atoms with E-state index in [0.717, 1.165) is 5.56 Å². The Hall–Kier alpha value is -3.07. The van der Waals surface area contributed by atoms with E-state index in [1.54, 1.807) is 10.9 Å². The standard InChI is InChI=1S/C25H30N6O6S/c1-2-26-25(34)30-22-19-23(28-13-27-22)31(14-29-19)24-21-20(17(35-24)12-38-11-16(33)10-32)36-18(37-21)9-8-15-6-4-3-5-7-15/h3-9,13-14,16-18,20-21,24,32-33H,2,10-12H2,1H3,(H2,26,27,28,30,34)/b9-8+/t16?,17-,18+,20-,21-,24-/m1/s1. The fraction of sp³-hybridized carbons (Fsp3) is 0.440. The molecule has 4 heterocycles. The molecule has 0 radical (unpaired) electrons. The van der Waals surface area contributed by atoms with E-state index in [-0.39, 0.29) is 30.7 Å². The quantitative estimate of drug-likeness (QED) is 0.298. The van der Waals surface area contributed by atoms with Gasteiger partial charge in [-0.1, -0.05) is 36.4 Å². The van der Waals surface area contributed by atoms with Crippen LogP contribution in [0.15, 0.2) is 49.1 Å². The number of fused-ring (bicyclic) bond motifs is 2. The zero-order chi connectivity index (χ0) is 26.5. The normalized spacial score (nSPS) is 25.6. The molecular formula is C25H30N6O6S. The molecule has 2 aliphatic heterocycles. The third kappa shape index (κ3) is 5.82. The number of hydrogen-bond acceptors (Lipinski definition) is 10. The number of nitrogens with one attached hydrogen (secondary N) is 2. The molecule has 0 aliphatic carbocycles. The van der Waals surface area contributed by atoms with Gasteiger partial charge in [-0.15, -0.1) is 0 Å². The van der Waals surface area contributed by atoms with Gasteiger partial charge in [-0.25, -0.2) is 19.7 Å². The van der Waals surface area contributed by atoms with E-state index < -0.39 is 24.7 Å². The van der Waals surface area contributed by atoms with Crippen LogP contribution in [0.3, 0.4) is 0 Å². The molecule has 0 saturated carbocycles. The first-order chi connectivity index (χ1) is 18.6. The zero-order valence-corrected chi connectivity index (χ0v) is 21.5. The summed E-state index contributed by atoms with van der Waals surface area (Å²) in [6.45, 7) is 1.99. The van der Waals surface area contributed by atoms with Crippen LogP contribution in [0.25, 0.3) is 17.2 Å². The Morgan fingerprint density at radius 2 is 2.00 bits per heavy atom. The van der Waals surface area contributed by atoms with Crippen molar-refractivity contribution in [2.24, 2.45) is 0 Å². The Morgan fingerprint density at radius 1 is 1.18 bits per heavy atom. The Morgan fingerprint density at radius 3 is 2.79 bits per heavy atom. The Bertz CT molecular complexity index is 1260. The molecule has 2 fully saturated rings. The molecule has 38 heavy (non-hydrogen) atoms. The van der Waals surface area contributed by atoms with Crippen molar-refractivity contribution >= 4 is 40.9 Å². The molecule has 3 aromatic rings. The van der Waals surface area contributed by atoms with Crippen molar-refractivity contribution in [3.8, 4) is 0 Å². The van der Waals surface area contributed by atoms with E-state index in [1.807, 2.05) is 49.4 Å². The summed E-state index contributed by atoms with van der Waals surface area (Å²) in [4.78, 5) is 25.1. The van der Waals surface area contributed by atoms with Crippen LogP contribution in [-0.2, 0) is 14.2 Å². The highest BCUT2D eigenvalue weighted by Gasteiger charge is 2.53. The third-order valence-electron chi connectivity index (χ3n) is 6.12. The molecule has 1 unspecified atom stereocenters. The van der Waals surface area contributed by atoms with Crippen molar-refractivity contribution in [3.05, 3.63) is 54.6 Å². The number of carbonyl (C=O) groups is 1. The summed E-state index contributed by atoms with van der Waals surface area (Å²) in [6.07, 6.45) is 3.60. The Labute approximate surface area is 223 Å². The molecule has 1 aromatic carbocycles. The van der Waals surface area contributed by atoms with Crippen LogP contribution in [0, 0.1) is 0 Å². The molecule has 2 saturated heterocycles. The van der Waals surface area contributed by atoms with Crippen LogP contribution in [0.2, 0.25) is 0 Å². The predicted octanol–water partition coefficient (Wildman–Crippen LogP) is 1.77. The number of benzene rings is 1. The van der Waals surface area contributed by atoms with Crippen LogP contribution in [0.4, 0.5) is 10.6 Å². The highest BCUT2D eigenvalue weighted by atomic mass is 32.2. The summed E-state index contributed by atoms with van der Waals surface area (Å²) in [7, 11) is 0. The largest absolute Gasteiger partial charge is 0.394 e. The van der Waals surface area contributed by atoms with Gasteiger partial charge in [-0.2, -0.15) is 11.8 Å². The van der Waals surface area contributed by atoms with E-state index in [1.165, 1.54) is 18.1 Å². The predicted molar refractivity (Wildman–Crippen MR) is 141 cm³/mol. The average molecular weight is 543 g/mol. The van der Waals surface area contributed by atoms with Crippen molar-refractivity contribution in [2.45, 2.75) is 43.9 Å². The maximum atomic E-state index is 12.1. The molecule has 6 atom stereocenters. The average Bonchev–Trinajstić information content (AvgIpc) is 3.63. The van der Waals surface area contributed by atoms with Crippen LogP contribution >= 0.6 is 11.8 Å². The molecule has 0 bridgehead atoms. The Balaban J connectivity index is 1.38. The number of amides is 2. The van der Waals surface area contributed by atoms with Crippen molar-refractivity contribution in [1.29, 1.82) is 0 Å². The van der Waals surface area contributed by atoms with Crippen molar-refractivity contribution in [2.75, 3.05) is 30.0 Å². The van der Waals surface area contributed by atoms with E-state index in [0.29, 0.717) is 29.2 Å². The number of aliphatic hydroxyl groups excluding tert-OH is 2. The number of aromatic nitrogens is 4. The number of urea groups is 1. The van der Waals surface area contributed by atoms with Gasteiger partial charge in [0.1, 0.15) is 18.5 Å². The number of hydrogen-bond donors (Lipinski definition) is 4. The summed E-state index contributed by atoms with van der Waals surface area (Å²) in [5.74, 6) is 1.18. The van der Waals surface area contributed by atoms with E-state index in [4.69, 9.17) is 19.3 Å². The third-order valence-corrected chi connectivity index (χ3v) is 7.30. The number of ether oxygens (including phenoxy) is 3. The lowest BCUT2D eigenvalue weighted by atomic mass is 10.1. The van der Waals surface area contributed by atoms with Crippen LogP contribution in [0.1, 0.15) is 18.7 Å². The van der Waals surface area contributed by atoms with Crippen LogP contribution in [0.5, 0.6) is 0 Å². The van der Waals surface area contributed by atoms with Crippen molar-refractivity contribution < 1.29 is 29.2 Å². The number of carbonyl (C=O) groups excluding carboxylic acids is 1. The molecule has 13 heteroatoms. The van der Waals surface area contributed by atoms with Gasteiger partial charge in [0.15, 0.2) is 29.5 Å². The molecule has 0 spiro atoms. The van der Waals surface area contributed by atoms with E-state index in [9.17, 15) is 9.90 Å². The second-order valence-corrected chi connectivity index (χ2v) is 9.88. The van der Waals surface area contributed by atoms with Gasteiger partial charge >= 0.3 is 6.03 Å². The molecule has 2 aromatic heterocycles. The van der Waals surface area contributed by atoms with Gasteiger partial charge < -0.3 is 29.7 Å². The van der Waals surface area contributed by atoms with Gasteiger partial charge in [0.25, 0.3) is 0 Å². The second-order valence-electron chi connectivity index (χ2n) is 8.81. The second kappa shape index (κ2) is 12.2. The highest BCUT2D eigenvalue weighted by Crippen LogP contribution is 2.42. The number of aliphatic hydroxyl groups is 2. The molecule has 2 amide bonds. The molecule has 5 rings (SSSR count). The fourth-order valence-electron chi connectivity index (χ4n) is 4.38. The smallest absolute Gasteiger partial charge is 0.320 e. The number of thioether (sulfide) groups is 1. The first kappa shape index (κ1) is 26.5. The summed E-state index contributed by atoms with van der Waals surface area (Å²) < 4.78 is 20.7. The minimum atomic E-state index is -0.805. The first-order valence-corrected chi connectivity index (χ1v) is 13.5. The summed E-state index contributed by atoms with van der Waals surface area (Å²) >= 11 is 1.47. The minimum Gasteiger partial charge on any atom is -0.394 e. The summed E-state index contributed by atoms with van der Waals surface area (Å²) in [6, 6.07) is 9.48. The van der Waals surface area contributed by atoms with Gasteiger partial charge in [0.2, 0.25) is 0 Å². The molecule has 2 aliphatic rings. The maximum absolute atomic E-state index is 12.1. The van der Waals surface area contributed by atoms with Gasteiger partial charge in [-0.05, 0) is 18.6 Å². The van der Waals surface area contributed by atoms with Crippen LogP contribution in [-0.4, -0.2) is 91.1 Å². The van der Waals surface area contributed by atoms with Gasteiger partial charge in [0, 0.05) is 18.1 Å². The van der Waals surface area contributed by atoms with Crippen molar-refractivity contribution in [1.82, 2.24) is 24.8 Å². The monoisotopic (exact) mass is 542 g/mol. The SMILES string of the molecule is CCNC(=O)Nc1ncnc2c1ncn2[C@@H]1O[C@H](CSCC(O)CO)[C@H]2O[C@H](/C=C/c3ccccc3)O[C@H]21. The molecular weight excluding hydrogens is 512 g/mol. The topological polar surface area (TPSA) is 153 Å². The van der Waals surface area contributed by atoms with E-state index in [2.05, 4.69) is 25.6 Å². The maximum Gasteiger partial charge on any atom is 0.320 e. The lowest BCUT2D eigenvalue weighted by Gasteiger charge is -2.20. The number of imidazole rings is 1. The number of anilines is 1. The van der Waals surface area contributed by atoms with Gasteiger partial charge in [-0.3, -0.25) is 9.88 Å². The van der Waals surface area contributed by atoms with Gasteiger partial charge in [0.05, 0.1) is 25.1 Å². The zero-order valence-electron chi connectivity index (χ0n) is 20.7. The summed E-state index contributed by atoms with van der Waals surface area (Å²) in [5.41, 5.74) is 1.92. The van der Waals surface area contributed by atoms with Crippen molar-refractivity contribution in [3.63, 3.8) is 0 Å². The molecule has 202 valence electrons.